The number of primary sulfonamides is 1. The molecule has 0 radical (unpaired) electrons. The van der Waals surface area contributed by atoms with Gasteiger partial charge in [-0.15, -0.1) is 0 Å². The topological polar surface area (TPSA) is 141 Å². The molecule has 0 saturated carbocycles. The minimum Gasteiger partial charge on any atom is -0.483 e. The van der Waals surface area contributed by atoms with Crippen LogP contribution in [0.1, 0.15) is 29.7 Å². The maximum Gasteiger partial charge on any atom is 0.259 e. The highest BCUT2D eigenvalue weighted by atomic mass is 35.5. The second-order valence-corrected chi connectivity index (χ2v) is 9.21. The van der Waals surface area contributed by atoms with E-state index in [1.165, 1.54) is 12.1 Å². The number of rotatable bonds is 5. The molecule has 0 unspecified atom stereocenters. The van der Waals surface area contributed by atoms with Gasteiger partial charge in [-0.2, -0.15) is 5.10 Å². The molecule has 0 aliphatic rings. The first-order valence-electron chi connectivity index (χ1n) is 9.49. The Hall–Kier alpha value is -3.21. The molecule has 0 aliphatic heterocycles. The van der Waals surface area contributed by atoms with Crippen molar-refractivity contribution in [3.05, 3.63) is 68.7 Å². The van der Waals surface area contributed by atoms with E-state index >= 15 is 0 Å². The van der Waals surface area contributed by atoms with Crippen LogP contribution < -0.4 is 15.3 Å². The van der Waals surface area contributed by atoms with Gasteiger partial charge in [0.15, 0.2) is 11.2 Å². The zero-order valence-corrected chi connectivity index (χ0v) is 18.9. The molecule has 0 amide bonds. The number of hydrogen-bond donors (Lipinski definition) is 2. The standard InChI is InChI=1S/C21H19ClN4O5S/c1-10-6-14(12(3)30-16-4-5-17(22)26-21(16)32(23,28)29)20-15(7-10)18(27)11(2)19(31-20)13-8-24-25-9-13/h4-9,12H,1-3H3,(H,24,25)(H2,23,28,29)/t12-/m1/s1. The number of aryl methyl sites for hydroxylation is 1. The number of hydrogen-bond acceptors (Lipinski definition) is 7. The first-order valence-corrected chi connectivity index (χ1v) is 11.4. The molecule has 0 spiro atoms. The van der Waals surface area contributed by atoms with Crippen LogP contribution in [-0.2, 0) is 10.0 Å². The van der Waals surface area contributed by atoms with Crippen molar-refractivity contribution < 1.29 is 17.6 Å². The highest BCUT2D eigenvalue weighted by Crippen LogP contribution is 2.34. The van der Waals surface area contributed by atoms with E-state index in [9.17, 15) is 13.2 Å². The maximum absolute atomic E-state index is 13.1. The number of aromatic amines is 1. The number of ether oxygens (including phenoxy) is 1. The van der Waals surface area contributed by atoms with E-state index in [0.717, 1.165) is 5.56 Å². The molecule has 3 N–H and O–H groups in total. The molecule has 3 heterocycles. The fourth-order valence-electron chi connectivity index (χ4n) is 3.47. The van der Waals surface area contributed by atoms with E-state index in [1.54, 1.807) is 32.3 Å². The maximum atomic E-state index is 13.1. The van der Waals surface area contributed by atoms with Gasteiger partial charge in [-0.3, -0.25) is 9.89 Å². The predicted molar refractivity (Wildman–Crippen MR) is 119 cm³/mol. The molecule has 0 fully saturated rings. The largest absolute Gasteiger partial charge is 0.483 e. The van der Waals surface area contributed by atoms with Crippen molar-refractivity contribution >= 4 is 32.6 Å². The normalized spacial score (nSPS) is 12.8. The number of nitrogens with one attached hydrogen (secondary N) is 1. The van der Waals surface area contributed by atoms with Gasteiger partial charge >= 0.3 is 0 Å². The zero-order chi connectivity index (χ0) is 23.2. The molecule has 4 rings (SSSR count). The fourth-order valence-corrected chi connectivity index (χ4v) is 4.29. The highest BCUT2D eigenvalue weighted by molar-refractivity contribution is 7.89. The summed E-state index contributed by atoms with van der Waals surface area (Å²) in [5.41, 5.74) is 2.58. The van der Waals surface area contributed by atoms with Gasteiger partial charge in [0, 0.05) is 17.3 Å². The molecule has 0 saturated heterocycles. The molecular weight excluding hydrogens is 456 g/mol. The number of nitrogens with two attached hydrogens (primary N) is 1. The molecule has 0 bridgehead atoms. The molecule has 3 aromatic heterocycles. The van der Waals surface area contributed by atoms with E-state index in [2.05, 4.69) is 15.2 Å². The van der Waals surface area contributed by atoms with Crippen LogP contribution in [0.3, 0.4) is 0 Å². The van der Waals surface area contributed by atoms with Gasteiger partial charge in [0.1, 0.15) is 22.6 Å². The lowest BCUT2D eigenvalue weighted by Crippen LogP contribution is -2.17. The third-order valence-electron chi connectivity index (χ3n) is 4.95. The number of nitrogens with zero attached hydrogens (tertiary/aromatic N) is 2. The number of halogens is 1. The monoisotopic (exact) mass is 474 g/mol. The van der Waals surface area contributed by atoms with Gasteiger partial charge < -0.3 is 9.15 Å². The zero-order valence-electron chi connectivity index (χ0n) is 17.3. The molecule has 1 atom stereocenters. The lowest BCUT2D eigenvalue weighted by molar-refractivity contribution is 0.219. The van der Waals surface area contributed by atoms with Crippen LogP contribution >= 0.6 is 11.6 Å². The molecule has 9 nitrogen and oxygen atoms in total. The average molecular weight is 475 g/mol. The fraction of sp³-hybridized carbons (Fsp3) is 0.190. The Morgan fingerprint density at radius 1 is 1.25 bits per heavy atom. The van der Waals surface area contributed by atoms with Gasteiger partial charge in [0.05, 0.1) is 17.1 Å². The Morgan fingerprint density at radius 2 is 2.00 bits per heavy atom. The summed E-state index contributed by atoms with van der Waals surface area (Å²) >= 11 is 5.83. The van der Waals surface area contributed by atoms with Crippen molar-refractivity contribution in [1.29, 1.82) is 0 Å². The van der Waals surface area contributed by atoms with Crippen molar-refractivity contribution in [1.82, 2.24) is 15.2 Å². The summed E-state index contributed by atoms with van der Waals surface area (Å²) in [4.78, 5) is 16.9. The molecular formula is C21H19ClN4O5S. The number of benzene rings is 1. The van der Waals surface area contributed by atoms with Gasteiger partial charge in [0.25, 0.3) is 10.0 Å². The Balaban J connectivity index is 1.89. The summed E-state index contributed by atoms with van der Waals surface area (Å²) in [5, 5.41) is 11.8. The van der Waals surface area contributed by atoms with E-state index in [4.69, 9.17) is 25.9 Å². The first kappa shape index (κ1) is 22.0. The van der Waals surface area contributed by atoms with Gasteiger partial charge in [-0.05, 0) is 50.6 Å². The van der Waals surface area contributed by atoms with E-state index in [-0.39, 0.29) is 16.3 Å². The minimum absolute atomic E-state index is 0.0405. The molecule has 32 heavy (non-hydrogen) atoms. The summed E-state index contributed by atoms with van der Waals surface area (Å²) in [6.07, 6.45) is 2.47. The lowest BCUT2D eigenvalue weighted by Gasteiger charge is -2.19. The Kier molecular flexibility index (Phi) is 5.53. The summed E-state index contributed by atoms with van der Waals surface area (Å²) in [7, 11) is -4.19. The Bertz CT molecular complexity index is 1500. The van der Waals surface area contributed by atoms with Gasteiger partial charge in [-0.1, -0.05) is 11.6 Å². The summed E-state index contributed by atoms with van der Waals surface area (Å²) in [6.45, 7) is 5.23. The Morgan fingerprint density at radius 3 is 2.66 bits per heavy atom. The van der Waals surface area contributed by atoms with Crippen LogP contribution in [0.15, 0.2) is 50.9 Å². The predicted octanol–water partition coefficient (Wildman–Crippen LogP) is 3.64. The molecule has 4 aromatic rings. The number of sulfonamides is 1. The summed E-state index contributed by atoms with van der Waals surface area (Å²) in [5.74, 6) is 0.315. The van der Waals surface area contributed by atoms with Crippen molar-refractivity contribution in [2.45, 2.75) is 31.9 Å². The van der Waals surface area contributed by atoms with Crippen molar-refractivity contribution in [2.24, 2.45) is 5.14 Å². The molecule has 0 aliphatic carbocycles. The van der Waals surface area contributed by atoms with Crippen LogP contribution in [0.5, 0.6) is 5.75 Å². The van der Waals surface area contributed by atoms with Crippen LogP contribution in [0.2, 0.25) is 5.15 Å². The third-order valence-corrected chi connectivity index (χ3v) is 6.00. The quantitative estimate of drug-likeness (QED) is 0.420. The Labute approximate surface area is 188 Å². The van der Waals surface area contributed by atoms with Gasteiger partial charge in [0.2, 0.25) is 5.03 Å². The van der Waals surface area contributed by atoms with E-state index in [1.807, 2.05) is 13.0 Å². The SMILES string of the molecule is Cc1cc([C@@H](C)Oc2ccc(Cl)nc2S(N)(=O)=O)c2oc(-c3cn[nH]c3)c(C)c(=O)c2c1. The highest BCUT2D eigenvalue weighted by Gasteiger charge is 2.23. The number of fused-ring (bicyclic) bond motifs is 1. The molecule has 11 heteroatoms. The summed E-state index contributed by atoms with van der Waals surface area (Å²) in [6, 6.07) is 6.32. The van der Waals surface area contributed by atoms with Crippen LogP contribution in [0.4, 0.5) is 0 Å². The smallest absolute Gasteiger partial charge is 0.259 e. The molecule has 166 valence electrons. The third kappa shape index (κ3) is 3.99. The van der Waals surface area contributed by atoms with Gasteiger partial charge in [-0.25, -0.2) is 18.5 Å². The van der Waals surface area contributed by atoms with E-state index < -0.39 is 21.2 Å². The van der Waals surface area contributed by atoms with Crippen molar-refractivity contribution in [3.8, 4) is 17.1 Å². The minimum atomic E-state index is -4.19. The number of H-pyrrole nitrogens is 1. The first-order chi connectivity index (χ1) is 15.1. The number of aromatic nitrogens is 3. The second-order valence-electron chi connectivity index (χ2n) is 7.35. The average Bonchev–Trinajstić information content (AvgIpc) is 3.25. The summed E-state index contributed by atoms with van der Waals surface area (Å²) < 4.78 is 36.0. The van der Waals surface area contributed by atoms with Crippen LogP contribution in [0, 0.1) is 13.8 Å². The lowest BCUT2D eigenvalue weighted by atomic mass is 10.0. The van der Waals surface area contributed by atoms with Crippen LogP contribution in [0.25, 0.3) is 22.3 Å². The van der Waals surface area contributed by atoms with E-state index in [0.29, 0.717) is 33.4 Å². The van der Waals surface area contributed by atoms with Crippen molar-refractivity contribution in [2.75, 3.05) is 0 Å². The van der Waals surface area contributed by atoms with Crippen LogP contribution in [-0.4, -0.2) is 23.6 Å². The van der Waals surface area contributed by atoms with Crippen molar-refractivity contribution in [3.63, 3.8) is 0 Å². The molecule has 1 aromatic carbocycles. The second kappa shape index (κ2) is 8.05. The number of pyridine rings is 1.